The maximum Gasteiger partial charge on any atom is 0.322 e. The molecular weight excluding hydrogens is 250 g/mol. The van der Waals surface area contributed by atoms with Crippen LogP contribution in [-0.4, -0.2) is 27.3 Å². The number of nitrogens with zero attached hydrogens (tertiary/aromatic N) is 3. The Hall–Kier alpha value is -1.08. The molecule has 0 bridgehead atoms. The van der Waals surface area contributed by atoms with E-state index < -0.39 is 0 Å². The van der Waals surface area contributed by atoms with Crippen molar-refractivity contribution in [3.8, 4) is 6.01 Å². The summed E-state index contributed by atoms with van der Waals surface area (Å²) in [4.78, 5) is 12.5. The van der Waals surface area contributed by atoms with E-state index in [1.807, 2.05) is 6.92 Å². The summed E-state index contributed by atoms with van der Waals surface area (Å²) >= 11 is 1.59. The Morgan fingerprint density at radius 2 is 2.11 bits per heavy atom. The lowest BCUT2D eigenvalue weighted by molar-refractivity contribution is 0.288. The van der Waals surface area contributed by atoms with E-state index in [4.69, 9.17) is 10.6 Å². The van der Waals surface area contributed by atoms with Crippen LogP contribution >= 0.6 is 11.8 Å². The number of hydrogen-bond donors (Lipinski definition) is 2. The van der Waals surface area contributed by atoms with E-state index in [-0.39, 0.29) is 0 Å². The summed E-state index contributed by atoms with van der Waals surface area (Å²) in [6.07, 6.45) is 2.05. The van der Waals surface area contributed by atoms with Crippen LogP contribution in [0.1, 0.15) is 33.6 Å². The number of hydrazine groups is 1. The van der Waals surface area contributed by atoms with Gasteiger partial charge in [-0.15, -0.1) is 0 Å². The Labute approximate surface area is 112 Å². The Morgan fingerprint density at radius 1 is 1.33 bits per heavy atom. The van der Waals surface area contributed by atoms with E-state index in [0.717, 1.165) is 18.6 Å². The number of thioether (sulfide) groups is 1. The average Bonchev–Trinajstić information content (AvgIpc) is 2.42. The predicted molar refractivity (Wildman–Crippen MR) is 73.6 cm³/mol. The van der Waals surface area contributed by atoms with Crippen LogP contribution in [0.2, 0.25) is 0 Å². The van der Waals surface area contributed by atoms with Crippen molar-refractivity contribution in [2.45, 2.75) is 38.8 Å². The van der Waals surface area contributed by atoms with Crippen molar-refractivity contribution < 1.29 is 4.74 Å². The third-order valence-corrected chi connectivity index (χ3v) is 3.53. The van der Waals surface area contributed by atoms with Gasteiger partial charge < -0.3 is 4.74 Å². The van der Waals surface area contributed by atoms with E-state index in [1.54, 1.807) is 11.8 Å². The molecule has 0 saturated carbocycles. The summed E-state index contributed by atoms with van der Waals surface area (Å²) in [5.74, 6) is 7.26. The van der Waals surface area contributed by atoms with Crippen molar-refractivity contribution in [3.05, 3.63) is 0 Å². The first-order valence-electron chi connectivity index (χ1n) is 6.17. The van der Waals surface area contributed by atoms with Crippen molar-refractivity contribution >= 4 is 17.7 Å². The van der Waals surface area contributed by atoms with Crippen LogP contribution < -0.4 is 16.0 Å². The van der Waals surface area contributed by atoms with Crippen molar-refractivity contribution in [2.24, 2.45) is 11.8 Å². The van der Waals surface area contributed by atoms with Gasteiger partial charge in [-0.2, -0.15) is 15.0 Å². The fourth-order valence-electron chi connectivity index (χ4n) is 1.06. The van der Waals surface area contributed by atoms with Crippen LogP contribution in [0.3, 0.4) is 0 Å². The largest absolute Gasteiger partial charge is 0.463 e. The number of anilines is 1. The molecule has 0 aromatic carbocycles. The van der Waals surface area contributed by atoms with Crippen LogP contribution in [-0.2, 0) is 0 Å². The monoisotopic (exact) mass is 271 g/mol. The number of nitrogen functional groups attached to an aromatic ring is 1. The highest BCUT2D eigenvalue weighted by atomic mass is 32.2. The van der Waals surface area contributed by atoms with Crippen molar-refractivity contribution in [3.63, 3.8) is 0 Å². The molecule has 0 aliphatic carbocycles. The smallest absolute Gasteiger partial charge is 0.322 e. The van der Waals surface area contributed by atoms with Gasteiger partial charge >= 0.3 is 6.01 Å². The second kappa shape index (κ2) is 8.10. The molecule has 7 heteroatoms. The molecule has 18 heavy (non-hydrogen) atoms. The molecule has 6 nitrogen and oxygen atoms in total. The van der Waals surface area contributed by atoms with E-state index in [1.165, 1.54) is 0 Å². The summed E-state index contributed by atoms with van der Waals surface area (Å²) in [7, 11) is 0. The van der Waals surface area contributed by atoms with Crippen molar-refractivity contribution in [1.29, 1.82) is 0 Å². The second-order valence-corrected chi connectivity index (χ2v) is 5.03. The van der Waals surface area contributed by atoms with Crippen LogP contribution in [0.4, 0.5) is 5.95 Å². The maximum absolute atomic E-state index is 5.40. The quantitative estimate of drug-likeness (QED) is 0.425. The van der Waals surface area contributed by atoms with Gasteiger partial charge in [-0.3, -0.25) is 5.43 Å². The van der Waals surface area contributed by atoms with Crippen LogP contribution in [0.15, 0.2) is 5.16 Å². The van der Waals surface area contributed by atoms with Crippen molar-refractivity contribution in [1.82, 2.24) is 15.0 Å². The summed E-state index contributed by atoms with van der Waals surface area (Å²) < 4.78 is 5.40. The zero-order valence-corrected chi connectivity index (χ0v) is 12.0. The Morgan fingerprint density at radius 3 is 2.72 bits per heavy atom. The molecule has 1 atom stereocenters. The molecule has 0 spiro atoms. The molecule has 1 unspecified atom stereocenters. The molecule has 3 N–H and O–H groups in total. The molecule has 102 valence electrons. The lowest BCUT2D eigenvalue weighted by Gasteiger charge is -2.09. The fourth-order valence-corrected chi connectivity index (χ4v) is 2.02. The van der Waals surface area contributed by atoms with Gasteiger partial charge in [-0.1, -0.05) is 39.0 Å². The summed E-state index contributed by atoms with van der Waals surface area (Å²) in [6.45, 7) is 6.98. The summed E-state index contributed by atoms with van der Waals surface area (Å²) in [5.41, 5.74) is 2.43. The molecule has 0 amide bonds. The Balaban J connectivity index is 2.70. The molecule has 1 heterocycles. The molecule has 1 aromatic heterocycles. The number of hydrogen-bond acceptors (Lipinski definition) is 7. The van der Waals surface area contributed by atoms with E-state index in [0.29, 0.717) is 29.6 Å². The van der Waals surface area contributed by atoms with Gasteiger partial charge in [0, 0.05) is 5.75 Å². The first-order valence-corrected chi connectivity index (χ1v) is 7.16. The molecule has 1 rings (SSSR count). The predicted octanol–water partition coefficient (Wildman–Crippen LogP) is 2.08. The minimum Gasteiger partial charge on any atom is -0.463 e. The van der Waals surface area contributed by atoms with Crippen LogP contribution in [0.25, 0.3) is 0 Å². The standard InChI is InChI=1S/C11H21N5OS/c1-4-6-17-10-13-9(16-12)14-11(15-10)18-7-8(3)5-2/h8H,4-7,12H2,1-3H3,(H,13,14,15,16). The highest BCUT2D eigenvalue weighted by molar-refractivity contribution is 7.99. The SMILES string of the molecule is CCCOc1nc(NN)nc(SCC(C)CC)n1. The molecule has 0 aliphatic heterocycles. The minimum absolute atomic E-state index is 0.325. The van der Waals surface area contributed by atoms with E-state index in [2.05, 4.69) is 34.2 Å². The van der Waals surface area contributed by atoms with Gasteiger partial charge in [0.2, 0.25) is 5.95 Å². The summed E-state index contributed by atoms with van der Waals surface area (Å²) in [6, 6.07) is 0.325. The van der Waals surface area contributed by atoms with Gasteiger partial charge in [-0.05, 0) is 12.3 Å². The highest BCUT2D eigenvalue weighted by Crippen LogP contribution is 2.20. The lowest BCUT2D eigenvalue weighted by Crippen LogP contribution is -2.13. The number of rotatable bonds is 8. The zero-order chi connectivity index (χ0) is 13.4. The Kier molecular flexibility index (Phi) is 6.74. The summed E-state index contributed by atoms with van der Waals surface area (Å²) in [5, 5.41) is 0.643. The first kappa shape index (κ1) is 15.0. The number of nitrogens with two attached hydrogens (primary N) is 1. The van der Waals surface area contributed by atoms with Gasteiger partial charge in [0.25, 0.3) is 0 Å². The zero-order valence-electron chi connectivity index (χ0n) is 11.1. The maximum atomic E-state index is 5.40. The van der Waals surface area contributed by atoms with E-state index in [9.17, 15) is 0 Å². The van der Waals surface area contributed by atoms with Gasteiger partial charge in [0.1, 0.15) is 0 Å². The van der Waals surface area contributed by atoms with Gasteiger partial charge in [0.15, 0.2) is 5.16 Å². The number of aromatic nitrogens is 3. The van der Waals surface area contributed by atoms with Gasteiger partial charge in [0.05, 0.1) is 6.61 Å². The number of nitrogens with one attached hydrogen (secondary N) is 1. The lowest BCUT2D eigenvalue weighted by atomic mass is 10.2. The van der Waals surface area contributed by atoms with Crippen LogP contribution in [0.5, 0.6) is 6.01 Å². The normalized spacial score (nSPS) is 12.2. The first-order chi connectivity index (χ1) is 8.69. The second-order valence-electron chi connectivity index (χ2n) is 4.04. The molecular formula is C11H21N5OS. The average molecular weight is 271 g/mol. The third-order valence-electron chi connectivity index (χ3n) is 2.35. The Bertz CT molecular complexity index is 363. The van der Waals surface area contributed by atoms with Gasteiger partial charge in [-0.25, -0.2) is 5.84 Å². The molecule has 0 radical (unpaired) electrons. The molecule has 0 aliphatic rings. The third kappa shape index (κ3) is 5.05. The topological polar surface area (TPSA) is 86.0 Å². The highest BCUT2D eigenvalue weighted by Gasteiger charge is 2.09. The fraction of sp³-hybridized carbons (Fsp3) is 0.727. The minimum atomic E-state index is 0.325. The van der Waals surface area contributed by atoms with Crippen molar-refractivity contribution in [2.75, 3.05) is 17.8 Å². The molecule has 0 saturated heterocycles. The molecule has 1 aromatic rings. The number of ether oxygens (including phenoxy) is 1. The van der Waals surface area contributed by atoms with Crippen LogP contribution in [0, 0.1) is 5.92 Å². The molecule has 0 fully saturated rings. The van der Waals surface area contributed by atoms with E-state index >= 15 is 0 Å².